The summed E-state index contributed by atoms with van der Waals surface area (Å²) in [5, 5.41) is 3.27. The summed E-state index contributed by atoms with van der Waals surface area (Å²) in [5.41, 5.74) is 2.82. The number of nitrogens with one attached hydrogen (secondary N) is 1. The monoisotopic (exact) mass is 207 g/mol. The van der Waals surface area contributed by atoms with Crippen molar-refractivity contribution in [2.75, 3.05) is 20.4 Å². The average Bonchev–Trinajstić information content (AvgIpc) is 2.18. The summed E-state index contributed by atoms with van der Waals surface area (Å²) in [6.45, 7) is 8.14. The van der Waals surface area contributed by atoms with Gasteiger partial charge in [-0.15, -0.1) is 0 Å². The zero-order valence-electron chi connectivity index (χ0n) is 10.1. The number of hydrogen-bond donors (Lipinski definition) is 1. The van der Waals surface area contributed by atoms with Crippen LogP contribution < -0.4 is 5.32 Å². The highest BCUT2D eigenvalue weighted by Crippen LogP contribution is 2.22. The second kappa shape index (κ2) is 5.29. The Morgan fingerprint density at radius 2 is 2.07 bits per heavy atom. The van der Waals surface area contributed by atoms with Crippen LogP contribution in [0.4, 0.5) is 0 Å². The Kier molecular flexibility index (Phi) is 4.30. The molecule has 0 spiro atoms. The van der Waals surface area contributed by atoms with Crippen molar-refractivity contribution < 1.29 is 4.74 Å². The third-order valence-corrected chi connectivity index (χ3v) is 2.61. The Bertz CT molecular complexity index is 307. The molecule has 0 aliphatic rings. The van der Waals surface area contributed by atoms with Gasteiger partial charge in [0.05, 0.1) is 6.73 Å². The zero-order chi connectivity index (χ0) is 11.3. The second-order valence-electron chi connectivity index (χ2n) is 4.61. The van der Waals surface area contributed by atoms with E-state index in [0.717, 1.165) is 6.54 Å². The number of ether oxygens (including phenoxy) is 1. The molecule has 0 saturated carbocycles. The molecule has 0 radical (unpaired) electrons. The van der Waals surface area contributed by atoms with Gasteiger partial charge in [-0.25, -0.2) is 0 Å². The highest BCUT2D eigenvalue weighted by Gasteiger charge is 2.19. The van der Waals surface area contributed by atoms with E-state index in [2.05, 4.69) is 50.4 Å². The zero-order valence-corrected chi connectivity index (χ0v) is 10.1. The molecule has 15 heavy (non-hydrogen) atoms. The fourth-order valence-electron chi connectivity index (χ4n) is 1.63. The highest BCUT2D eigenvalue weighted by atomic mass is 16.5. The minimum Gasteiger partial charge on any atom is -0.370 e. The summed E-state index contributed by atoms with van der Waals surface area (Å²) >= 11 is 0. The Labute approximate surface area is 92.6 Å². The Balaban J connectivity index is 2.67. The van der Waals surface area contributed by atoms with Crippen LogP contribution >= 0.6 is 0 Å². The van der Waals surface area contributed by atoms with Gasteiger partial charge in [-0.05, 0) is 12.5 Å². The first kappa shape index (κ1) is 12.2. The molecule has 0 aliphatic heterocycles. The summed E-state index contributed by atoms with van der Waals surface area (Å²) in [7, 11) is 1.70. The normalized spacial score (nSPS) is 11.7. The predicted octanol–water partition coefficient (Wildman–Crippen LogP) is 2.47. The lowest BCUT2D eigenvalue weighted by atomic mass is 9.84. The number of hydrogen-bond acceptors (Lipinski definition) is 2. The molecular formula is C13H21NO. The SMILES string of the molecule is COCNCC(C)(C)c1cccc(C)c1. The minimum absolute atomic E-state index is 0.143. The van der Waals surface area contributed by atoms with Crippen molar-refractivity contribution in [2.24, 2.45) is 0 Å². The third kappa shape index (κ3) is 3.65. The molecule has 0 atom stereocenters. The quantitative estimate of drug-likeness (QED) is 0.591. The van der Waals surface area contributed by atoms with Crippen LogP contribution in [0.5, 0.6) is 0 Å². The van der Waals surface area contributed by atoms with E-state index in [4.69, 9.17) is 4.74 Å². The van der Waals surface area contributed by atoms with E-state index in [-0.39, 0.29) is 5.41 Å². The van der Waals surface area contributed by atoms with Gasteiger partial charge in [0.15, 0.2) is 0 Å². The van der Waals surface area contributed by atoms with Gasteiger partial charge in [0.25, 0.3) is 0 Å². The van der Waals surface area contributed by atoms with Crippen molar-refractivity contribution in [1.82, 2.24) is 5.32 Å². The topological polar surface area (TPSA) is 21.3 Å². The molecular weight excluding hydrogens is 186 g/mol. The van der Waals surface area contributed by atoms with E-state index in [1.54, 1.807) is 7.11 Å². The molecule has 0 heterocycles. The van der Waals surface area contributed by atoms with Gasteiger partial charge >= 0.3 is 0 Å². The van der Waals surface area contributed by atoms with E-state index in [1.807, 2.05) is 0 Å². The van der Waals surface area contributed by atoms with Crippen LogP contribution in [0, 0.1) is 6.92 Å². The maximum absolute atomic E-state index is 4.99. The highest BCUT2D eigenvalue weighted by molar-refractivity contribution is 5.28. The van der Waals surface area contributed by atoms with Crippen molar-refractivity contribution >= 4 is 0 Å². The van der Waals surface area contributed by atoms with Crippen LogP contribution in [0.1, 0.15) is 25.0 Å². The smallest absolute Gasteiger partial charge is 0.0961 e. The molecule has 1 rings (SSSR count). The molecule has 1 N–H and O–H groups in total. The van der Waals surface area contributed by atoms with E-state index in [0.29, 0.717) is 6.73 Å². The van der Waals surface area contributed by atoms with Gasteiger partial charge in [-0.2, -0.15) is 0 Å². The number of benzene rings is 1. The fourth-order valence-corrected chi connectivity index (χ4v) is 1.63. The van der Waals surface area contributed by atoms with E-state index >= 15 is 0 Å². The van der Waals surface area contributed by atoms with E-state index < -0.39 is 0 Å². The van der Waals surface area contributed by atoms with Crippen molar-refractivity contribution in [3.8, 4) is 0 Å². The molecule has 0 aliphatic carbocycles. The standard InChI is InChI=1S/C13H21NO/c1-11-6-5-7-12(8-11)13(2,3)9-14-10-15-4/h5-8,14H,9-10H2,1-4H3. The van der Waals surface area contributed by atoms with Gasteiger partial charge in [-0.1, -0.05) is 43.7 Å². The maximum Gasteiger partial charge on any atom is 0.0961 e. The molecule has 1 aromatic carbocycles. The average molecular weight is 207 g/mol. The van der Waals surface area contributed by atoms with Crippen LogP contribution in [0.3, 0.4) is 0 Å². The number of aryl methyl sites for hydroxylation is 1. The van der Waals surface area contributed by atoms with Crippen LogP contribution in [0.25, 0.3) is 0 Å². The lowest BCUT2D eigenvalue weighted by Gasteiger charge is -2.26. The summed E-state index contributed by atoms with van der Waals surface area (Å²) in [5.74, 6) is 0. The van der Waals surface area contributed by atoms with Crippen molar-refractivity contribution in [1.29, 1.82) is 0 Å². The lowest BCUT2D eigenvalue weighted by molar-refractivity contribution is 0.169. The Morgan fingerprint density at radius 1 is 1.33 bits per heavy atom. The van der Waals surface area contributed by atoms with Gasteiger partial charge in [-0.3, -0.25) is 5.32 Å². The van der Waals surface area contributed by atoms with Crippen LogP contribution in [0.15, 0.2) is 24.3 Å². The molecule has 0 amide bonds. The number of rotatable bonds is 5. The first-order valence-electron chi connectivity index (χ1n) is 5.33. The van der Waals surface area contributed by atoms with Crippen LogP contribution in [-0.4, -0.2) is 20.4 Å². The summed E-state index contributed by atoms with van der Waals surface area (Å²) < 4.78 is 4.99. The van der Waals surface area contributed by atoms with Crippen molar-refractivity contribution in [3.05, 3.63) is 35.4 Å². The summed E-state index contributed by atoms with van der Waals surface area (Å²) in [6.07, 6.45) is 0. The molecule has 0 saturated heterocycles. The van der Waals surface area contributed by atoms with Crippen molar-refractivity contribution in [2.45, 2.75) is 26.2 Å². The molecule has 84 valence electrons. The predicted molar refractivity (Wildman–Crippen MR) is 64.1 cm³/mol. The second-order valence-corrected chi connectivity index (χ2v) is 4.61. The van der Waals surface area contributed by atoms with Gasteiger partial charge in [0.2, 0.25) is 0 Å². The molecule has 0 bridgehead atoms. The number of methoxy groups -OCH3 is 1. The van der Waals surface area contributed by atoms with E-state index in [1.165, 1.54) is 11.1 Å². The Hall–Kier alpha value is -0.860. The van der Waals surface area contributed by atoms with Gasteiger partial charge < -0.3 is 4.74 Å². The molecule has 2 heteroatoms. The van der Waals surface area contributed by atoms with E-state index in [9.17, 15) is 0 Å². The largest absolute Gasteiger partial charge is 0.370 e. The van der Waals surface area contributed by atoms with Crippen molar-refractivity contribution in [3.63, 3.8) is 0 Å². The molecule has 1 aromatic rings. The van der Waals surface area contributed by atoms with Crippen LogP contribution in [-0.2, 0) is 10.2 Å². The first-order valence-corrected chi connectivity index (χ1v) is 5.33. The fraction of sp³-hybridized carbons (Fsp3) is 0.538. The van der Waals surface area contributed by atoms with Crippen LogP contribution in [0.2, 0.25) is 0 Å². The molecule has 0 fully saturated rings. The minimum atomic E-state index is 0.143. The summed E-state index contributed by atoms with van der Waals surface area (Å²) in [6, 6.07) is 8.67. The lowest BCUT2D eigenvalue weighted by Crippen LogP contribution is -2.33. The van der Waals surface area contributed by atoms with Gasteiger partial charge in [0.1, 0.15) is 0 Å². The summed E-state index contributed by atoms with van der Waals surface area (Å²) in [4.78, 5) is 0. The Morgan fingerprint density at radius 3 is 2.67 bits per heavy atom. The third-order valence-electron chi connectivity index (χ3n) is 2.61. The molecule has 0 aromatic heterocycles. The maximum atomic E-state index is 4.99. The first-order chi connectivity index (χ1) is 7.06. The molecule has 2 nitrogen and oxygen atoms in total. The molecule has 0 unspecified atom stereocenters. The van der Waals surface area contributed by atoms with Gasteiger partial charge in [0, 0.05) is 19.1 Å².